The number of para-hydroxylation sites is 2. The lowest BCUT2D eigenvalue weighted by Crippen LogP contribution is -2.11. The summed E-state index contributed by atoms with van der Waals surface area (Å²) in [4.78, 5) is 22.7. The maximum atomic E-state index is 12.8. The number of aryl methyl sites for hydroxylation is 2. The van der Waals surface area contributed by atoms with Crippen molar-refractivity contribution in [1.29, 1.82) is 0 Å². The fourth-order valence-corrected chi connectivity index (χ4v) is 6.53. The first kappa shape index (κ1) is 21.1. The summed E-state index contributed by atoms with van der Waals surface area (Å²) in [5.74, 6) is 2.54. The van der Waals surface area contributed by atoms with E-state index < -0.39 is 0 Å². The predicted octanol–water partition coefficient (Wildman–Crippen LogP) is 5.02. The molecule has 0 saturated carbocycles. The van der Waals surface area contributed by atoms with Gasteiger partial charge in [0.15, 0.2) is 11.0 Å². The van der Waals surface area contributed by atoms with E-state index in [0.717, 1.165) is 46.5 Å². The first-order valence-corrected chi connectivity index (χ1v) is 12.8. The Morgan fingerprint density at radius 1 is 1.09 bits per heavy atom. The van der Waals surface area contributed by atoms with Gasteiger partial charge in [-0.15, -0.1) is 21.5 Å². The molecule has 1 aliphatic carbocycles. The number of benzene rings is 2. The number of nitrogens with one attached hydrogen (secondary N) is 1. The summed E-state index contributed by atoms with van der Waals surface area (Å²) >= 11 is 3.15. The van der Waals surface area contributed by atoms with Crippen LogP contribution in [0.4, 0.5) is 0 Å². The lowest BCUT2D eigenvalue weighted by atomic mass is 10.2. The van der Waals surface area contributed by atoms with Gasteiger partial charge in [-0.1, -0.05) is 42.1 Å². The second-order valence-electron chi connectivity index (χ2n) is 8.02. The molecule has 0 amide bonds. The van der Waals surface area contributed by atoms with Crippen LogP contribution in [0.3, 0.4) is 0 Å². The first-order valence-electron chi connectivity index (χ1n) is 11.0. The molecule has 0 atom stereocenters. The molecule has 6 rings (SSSR count). The maximum Gasteiger partial charge on any atom is 0.259 e. The van der Waals surface area contributed by atoms with Crippen LogP contribution in [0.25, 0.3) is 27.3 Å². The summed E-state index contributed by atoms with van der Waals surface area (Å²) in [5.41, 5.74) is 2.95. The van der Waals surface area contributed by atoms with Crippen molar-refractivity contribution in [2.45, 2.75) is 30.2 Å². The Morgan fingerprint density at radius 3 is 2.76 bits per heavy atom. The van der Waals surface area contributed by atoms with Crippen molar-refractivity contribution in [3.8, 4) is 22.8 Å². The molecule has 170 valence electrons. The monoisotopic (exact) mass is 487 g/mol. The van der Waals surface area contributed by atoms with Crippen LogP contribution in [0, 0.1) is 0 Å². The number of thiophene rings is 1. The van der Waals surface area contributed by atoms with E-state index in [0.29, 0.717) is 22.6 Å². The topological polar surface area (TPSA) is 85.7 Å². The summed E-state index contributed by atoms with van der Waals surface area (Å²) in [6.07, 6.45) is 3.14. The summed E-state index contributed by atoms with van der Waals surface area (Å²) in [6, 6.07) is 17.8. The minimum absolute atomic E-state index is 0.0424. The number of hydrogen-bond donors (Lipinski definition) is 1. The van der Waals surface area contributed by atoms with E-state index in [9.17, 15) is 4.79 Å². The summed E-state index contributed by atoms with van der Waals surface area (Å²) < 4.78 is 7.59. The van der Waals surface area contributed by atoms with Crippen molar-refractivity contribution in [3.63, 3.8) is 0 Å². The van der Waals surface area contributed by atoms with Gasteiger partial charge >= 0.3 is 0 Å². The molecular weight excluding hydrogens is 466 g/mol. The van der Waals surface area contributed by atoms with Crippen molar-refractivity contribution < 1.29 is 4.74 Å². The largest absolute Gasteiger partial charge is 0.496 e. The quantitative estimate of drug-likeness (QED) is 0.339. The van der Waals surface area contributed by atoms with Crippen LogP contribution < -0.4 is 10.3 Å². The Labute approximate surface area is 203 Å². The van der Waals surface area contributed by atoms with Gasteiger partial charge in [0, 0.05) is 10.6 Å². The SMILES string of the molecule is COc1ccccc1-c1nnc(SCc2nc3sc4c(c3c(=O)[nH]2)CCC4)n1-c1ccccc1. The molecule has 0 unspecified atom stereocenters. The smallest absolute Gasteiger partial charge is 0.259 e. The lowest BCUT2D eigenvalue weighted by molar-refractivity contribution is 0.416. The molecule has 0 saturated heterocycles. The van der Waals surface area contributed by atoms with E-state index in [1.165, 1.54) is 22.2 Å². The minimum atomic E-state index is -0.0424. The van der Waals surface area contributed by atoms with E-state index in [4.69, 9.17) is 9.72 Å². The molecule has 9 heteroatoms. The average Bonchev–Trinajstić information content (AvgIpc) is 3.57. The third-order valence-corrected chi connectivity index (χ3v) is 8.08. The van der Waals surface area contributed by atoms with Crippen molar-refractivity contribution in [1.82, 2.24) is 24.7 Å². The normalized spacial score (nSPS) is 12.9. The van der Waals surface area contributed by atoms with E-state index in [-0.39, 0.29) is 5.56 Å². The molecule has 5 aromatic rings. The lowest BCUT2D eigenvalue weighted by Gasteiger charge is -2.12. The van der Waals surface area contributed by atoms with Gasteiger partial charge < -0.3 is 9.72 Å². The molecule has 2 aromatic carbocycles. The molecule has 1 N–H and O–H groups in total. The van der Waals surface area contributed by atoms with E-state index in [1.807, 2.05) is 59.2 Å². The van der Waals surface area contributed by atoms with Gasteiger partial charge in [0.25, 0.3) is 5.56 Å². The molecule has 0 spiro atoms. The number of rotatable bonds is 6. The van der Waals surface area contributed by atoms with Crippen molar-refractivity contribution >= 4 is 33.3 Å². The van der Waals surface area contributed by atoms with Crippen LogP contribution in [0.1, 0.15) is 22.7 Å². The number of hydrogen-bond acceptors (Lipinski definition) is 7. The van der Waals surface area contributed by atoms with Crippen LogP contribution >= 0.6 is 23.1 Å². The number of nitrogens with zero attached hydrogens (tertiary/aromatic N) is 4. The zero-order valence-corrected chi connectivity index (χ0v) is 20.1. The Morgan fingerprint density at radius 2 is 1.91 bits per heavy atom. The van der Waals surface area contributed by atoms with Crippen LogP contribution in [0.5, 0.6) is 5.75 Å². The Kier molecular flexibility index (Phi) is 5.43. The van der Waals surface area contributed by atoms with E-state index >= 15 is 0 Å². The average molecular weight is 488 g/mol. The molecule has 1 aliphatic rings. The van der Waals surface area contributed by atoms with Crippen molar-refractivity contribution in [2.75, 3.05) is 7.11 Å². The molecule has 3 aromatic heterocycles. The Hall–Kier alpha value is -3.43. The predicted molar refractivity (Wildman–Crippen MR) is 135 cm³/mol. The maximum absolute atomic E-state index is 12.8. The van der Waals surface area contributed by atoms with Crippen molar-refractivity contribution in [3.05, 3.63) is 81.2 Å². The standard InChI is InChI=1S/C25H21N5O2S2/c1-32-18-12-6-5-10-16(18)22-28-29-25(30(22)15-8-3-2-4-9-15)33-14-20-26-23(31)21-17-11-7-13-19(17)34-24(21)27-20/h2-6,8-10,12H,7,11,13-14H2,1H3,(H,26,27,31). The number of thioether (sulfide) groups is 1. The number of fused-ring (bicyclic) bond motifs is 3. The second kappa shape index (κ2) is 8.73. The molecule has 0 radical (unpaired) electrons. The highest BCUT2D eigenvalue weighted by Gasteiger charge is 2.22. The first-order chi connectivity index (χ1) is 16.7. The number of ether oxygens (including phenoxy) is 1. The summed E-state index contributed by atoms with van der Waals surface area (Å²) in [5, 5.41) is 10.5. The summed E-state index contributed by atoms with van der Waals surface area (Å²) in [6.45, 7) is 0. The van der Waals surface area contributed by atoms with Crippen LogP contribution in [0.2, 0.25) is 0 Å². The minimum Gasteiger partial charge on any atom is -0.496 e. The van der Waals surface area contributed by atoms with Gasteiger partial charge in [-0.05, 0) is 49.1 Å². The highest BCUT2D eigenvalue weighted by Crippen LogP contribution is 2.36. The van der Waals surface area contributed by atoms with Gasteiger partial charge in [0.1, 0.15) is 16.4 Å². The fraction of sp³-hybridized carbons (Fsp3) is 0.200. The third-order valence-electron chi connectivity index (χ3n) is 5.96. The third kappa shape index (κ3) is 3.61. The van der Waals surface area contributed by atoms with Gasteiger partial charge in [-0.3, -0.25) is 9.36 Å². The molecule has 3 heterocycles. The van der Waals surface area contributed by atoms with Crippen LogP contribution in [0.15, 0.2) is 64.5 Å². The van der Waals surface area contributed by atoms with Gasteiger partial charge in [-0.2, -0.15) is 0 Å². The highest BCUT2D eigenvalue weighted by atomic mass is 32.2. The number of H-pyrrole nitrogens is 1. The number of aromatic amines is 1. The Bertz CT molecular complexity index is 1560. The molecule has 34 heavy (non-hydrogen) atoms. The van der Waals surface area contributed by atoms with Crippen LogP contribution in [-0.2, 0) is 18.6 Å². The van der Waals surface area contributed by atoms with E-state index in [2.05, 4.69) is 15.2 Å². The van der Waals surface area contributed by atoms with Gasteiger partial charge in [0.05, 0.1) is 23.8 Å². The molecule has 0 bridgehead atoms. The zero-order chi connectivity index (χ0) is 23.1. The molecule has 0 aliphatic heterocycles. The van der Waals surface area contributed by atoms with E-state index in [1.54, 1.807) is 18.4 Å². The fourth-order valence-electron chi connectivity index (χ4n) is 4.43. The van der Waals surface area contributed by atoms with Gasteiger partial charge in [-0.25, -0.2) is 4.98 Å². The highest BCUT2D eigenvalue weighted by molar-refractivity contribution is 7.98. The Balaban J connectivity index is 1.38. The molecule has 7 nitrogen and oxygen atoms in total. The van der Waals surface area contributed by atoms with Crippen molar-refractivity contribution in [2.24, 2.45) is 0 Å². The molecule has 0 fully saturated rings. The number of aromatic nitrogens is 5. The zero-order valence-electron chi connectivity index (χ0n) is 18.4. The van der Waals surface area contributed by atoms with Crippen LogP contribution in [-0.4, -0.2) is 31.8 Å². The number of methoxy groups -OCH3 is 1. The molecular formula is C25H21N5O2S2. The summed E-state index contributed by atoms with van der Waals surface area (Å²) in [7, 11) is 1.65. The second-order valence-corrected chi connectivity index (χ2v) is 10.0. The van der Waals surface area contributed by atoms with Gasteiger partial charge in [0.2, 0.25) is 0 Å².